The second kappa shape index (κ2) is 8.56. The topological polar surface area (TPSA) is 61.4 Å². The largest absolute Gasteiger partial charge is 0.424 e. The summed E-state index contributed by atoms with van der Waals surface area (Å²) in [5, 5.41) is 0.658. The van der Waals surface area contributed by atoms with Crippen LogP contribution in [0.1, 0.15) is 39.9 Å². The molecule has 5 rings (SSSR count). The third kappa shape index (κ3) is 3.91. The fraction of sp³-hybridized carbons (Fsp3) is 0.296. The third-order valence-electron chi connectivity index (χ3n) is 5.72. The summed E-state index contributed by atoms with van der Waals surface area (Å²) in [6.07, 6.45) is 2.79. The maximum Gasteiger partial charge on any atom is 0.311 e. The van der Waals surface area contributed by atoms with Gasteiger partial charge in [0.05, 0.1) is 17.2 Å². The number of fused-ring (bicyclic) bond motifs is 5. The Bertz CT molecular complexity index is 1510. The van der Waals surface area contributed by atoms with Crippen molar-refractivity contribution in [3.05, 3.63) is 66.4 Å². The Kier molecular flexibility index (Phi) is 5.55. The minimum absolute atomic E-state index is 0.169. The van der Waals surface area contributed by atoms with E-state index in [1.54, 1.807) is 18.3 Å². The van der Waals surface area contributed by atoms with Crippen LogP contribution in [0, 0.1) is 17.7 Å². The van der Waals surface area contributed by atoms with Gasteiger partial charge in [0.2, 0.25) is 0 Å². The molecular weight excluding hydrogens is 431 g/mol. The van der Waals surface area contributed by atoms with Crippen molar-refractivity contribution < 1.29 is 13.9 Å². The van der Waals surface area contributed by atoms with Gasteiger partial charge in [-0.15, -0.1) is 0 Å². The van der Waals surface area contributed by atoms with Gasteiger partial charge in [-0.2, -0.15) is 0 Å². The molecule has 0 aliphatic rings. The molecule has 0 spiro atoms. The first kappa shape index (κ1) is 22.1. The van der Waals surface area contributed by atoms with Gasteiger partial charge < -0.3 is 4.74 Å². The van der Waals surface area contributed by atoms with Crippen molar-refractivity contribution >= 4 is 33.7 Å². The van der Waals surface area contributed by atoms with E-state index in [0.29, 0.717) is 34.8 Å². The van der Waals surface area contributed by atoms with E-state index in [4.69, 9.17) is 14.7 Å². The van der Waals surface area contributed by atoms with Crippen molar-refractivity contribution in [2.75, 3.05) is 0 Å². The number of aromatic nitrogens is 4. The van der Waals surface area contributed by atoms with Crippen LogP contribution in [0.5, 0.6) is 5.75 Å². The monoisotopic (exact) mass is 458 g/mol. The number of imidazole rings is 1. The highest BCUT2D eigenvalue weighted by molar-refractivity contribution is 6.01. The third-order valence-corrected chi connectivity index (χ3v) is 5.72. The highest BCUT2D eigenvalue weighted by Gasteiger charge is 2.23. The zero-order valence-electron chi connectivity index (χ0n) is 19.7. The van der Waals surface area contributed by atoms with Crippen molar-refractivity contribution in [2.45, 2.75) is 40.5 Å². The molecule has 0 unspecified atom stereocenters. The Morgan fingerprint density at radius 3 is 2.41 bits per heavy atom. The summed E-state index contributed by atoms with van der Waals surface area (Å²) in [6, 6.07) is 14.1. The number of halogens is 1. The van der Waals surface area contributed by atoms with E-state index in [-0.39, 0.29) is 17.7 Å². The van der Waals surface area contributed by atoms with Crippen LogP contribution in [0.3, 0.4) is 0 Å². The zero-order chi connectivity index (χ0) is 24.0. The molecule has 174 valence electrons. The van der Waals surface area contributed by atoms with Crippen LogP contribution in [0.15, 0.2) is 54.7 Å². The Morgan fingerprint density at radius 1 is 0.971 bits per heavy atom. The number of nitrogens with zero attached hydrogens (tertiary/aromatic N) is 4. The number of carbonyl (C=O) groups is 1. The number of ether oxygens (including phenoxy) is 1. The van der Waals surface area contributed by atoms with Crippen LogP contribution in [-0.2, 0) is 11.2 Å². The number of hydrogen-bond acceptors (Lipinski definition) is 4. The van der Waals surface area contributed by atoms with Gasteiger partial charge >= 0.3 is 5.97 Å². The first-order chi connectivity index (χ1) is 16.3. The van der Waals surface area contributed by atoms with Crippen LogP contribution in [-0.4, -0.2) is 24.9 Å². The lowest BCUT2D eigenvalue weighted by Gasteiger charge is -2.11. The first-order valence-corrected chi connectivity index (χ1v) is 11.6. The minimum Gasteiger partial charge on any atom is -0.424 e. The average Bonchev–Trinajstić information content (AvgIpc) is 3.32. The Morgan fingerprint density at radius 2 is 1.71 bits per heavy atom. The molecule has 7 heteroatoms. The molecule has 0 N–H and O–H groups in total. The van der Waals surface area contributed by atoms with E-state index < -0.39 is 0 Å². The molecule has 0 saturated carbocycles. The molecule has 3 aromatic heterocycles. The van der Waals surface area contributed by atoms with Crippen LogP contribution in [0.4, 0.5) is 4.39 Å². The summed E-state index contributed by atoms with van der Waals surface area (Å²) in [4.78, 5) is 22.6. The molecule has 0 saturated heterocycles. The molecule has 0 aliphatic carbocycles. The van der Waals surface area contributed by atoms with Gasteiger partial charge in [0.15, 0.2) is 17.0 Å². The average molecular weight is 459 g/mol. The van der Waals surface area contributed by atoms with Crippen LogP contribution >= 0.6 is 0 Å². The maximum atomic E-state index is 13.6. The highest BCUT2D eigenvalue weighted by atomic mass is 19.1. The summed E-state index contributed by atoms with van der Waals surface area (Å²) in [7, 11) is 0. The zero-order valence-corrected chi connectivity index (χ0v) is 19.7. The number of carbonyl (C=O) groups excluding carboxylic acids is 1. The Hall–Kier alpha value is -3.74. The predicted molar refractivity (Wildman–Crippen MR) is 131 cm³/mol. The van der Waals surface area contributed by atoms with Crippen LogP contribution in [0.25, 0.3) is 33.4 Å². The molecule has 6 nitrogen and oxygen atoms in total. The molecule has 2 aromatic carbocycles. The summed E-state index contributed by atoms with van der Waals surface area (Å²) < 4.78 is 23.4. The van der Waals surface area contributed by atoms with Crippen molar-refractivity contribution in [3.8, 4) is 11.4 Å². The summed E-state index contributed by atoms with van der Waals surface area (Å²) in [5.74, 6) is 1.17. The van der Waals surface area contributed by atoms with E-state index in [1.807, 2.05) is 42.7 Å². The van der Waals surface area contributed by atoms with Crippen molar-refractivity contribution in [2.24, 2.45) is 11.8 Å². The lowest BCUT2D eigenvalue weighted by atomic mass is 10.1. The molecule has 0 radical (unpaired) electrons. The van der Waals surface area contributed by atoms with E-state index in [9.17, 15) is 9.18 Å². The van der Waals surface area contributed by atoms with Gasteiger partial charge in [-0.25, -0.2) is 14.4 Å². The smallest absolute Gasteiger partial charge is 0.311 e. The minimum atomic E-state index is -0.320. The fourth-order valence-electron chi connectivity index (χ4n) is 4.30. The normalized spacial score (nSPS) is 12.0. The Labute approximate surface area is 197 Å². The summed E-state index contributed by atoms with van der Waals surface area (Å²) >= 11 is 0. The molecule has 34 heavy (non-hydrogen) atoms. The van der Waals surface area contributed by atoms with Gasteiger partial charge in [0.25, 0.3) is 0 Å². The van der Waals surface area contributed by atoms with Gasteiger partial charge in [-0.05, 0) is 48.2 Å². The highest BCUT2D eigenvalue weighted by Crippen LogP contribution is 2.35. The van der Waals surface area contributed by atoms with E-state index >= 15 is 0 Å². The molecule has 0 atom stereocenters. The number of rotatable bonds is 6. The molecule has 0 amide bonds. The predicted octanol–water partition coefficient (Wildman–Crippen LogP) is 6.12. The van der Waals surface area contributed by atoms with E-state index in [1.165, 1.54) is 12.1 Å². The second-order valence-corrected chi connectivity index (χ2v) is 9.50. The van der Waals surface area contributed by atoms with Gasteiger partial charge in [0.1, 0.15) is 17.0 Å². The quantitative estimate of drug-likeness (QED) is 0.288. The van der Waals surface area contributed by atoms with Crippen molar-refractivity contribution in [1.82, 2.24) is 18.9 Å². The summed E-state index contributed by atoms with van der Waals surface area (Å²) in [5.41, 5.74) is 3.83. The molecule has 5 aromatic rings. The number of hydrogen-bond donors (Lipinski definition) is 0. The SMILES string of the molecule is CC(C)CC(=O)Oc1cn(-c2ccc(F)cc2)c2nc(CC(C)C)n3c4ccccc4nc3c12. The summed E-state index contributed by atoms with van der Waals surface area (Å²) in [6.45, 7) is 8.24. The standard InChI is InChI=1S/C27H27FN4O2/c1-16(2)13-23-30-26-25(27-29-20-7-5-6-8-21(20)32(23)27)22(34-24(33)14-17(3)4)15-31(26)19-11-9-18(28)10-12-19/h5-12,15-17H,13-14H2,1-4H3. The Balaban J connectivity index is 1.85. The van der Waals surface area contributed by atoms with Crippen LogP contribution in [0.2, 0.25) is 0 Å². The molecule has 0 fully saturated rings. The number of esters is 1. The molecular formula is C27H27FN4O2. The van der Waals surface area contributed by atoms with Crippen molar-refractivity contribution in [3.63, 3.8) is 0 Å². The van der Waals surface area contributed by atoms with Crippen molar-refractivity contribution in [1.29, 1.82) is 0 Å². The van der Waals surface area contributed by atoms with E-state index in [2.05, 4.69) is 18.2 Å². The van der Waals surface area contributed by atoms with Gasteiger partial charge in [-0.1, -0.05) is 39.8 Å². The number of para-hydroxylation sites is 2. The number of benzene rings is 2. The first-order valence-electron chi connectivity index (χ1n) is 11.6. The second-order valence-electron chi connectivity index (χ2n) is 9.50. The molecule has 3 heterocycles. The van der Waals surface area contributed by atoms with Crippen LogP contribution < -0.4 is 4.74 Å². The maximum absolute atomic E-state index is 13.6. The van der Waals surface area contributed by atoms with Gasteiger partial charge in [-0.3, -0.25) is 13.8 Å². The van der Waals surface area contributed by atoms with Gasteiger partial charge in [0, 0.05) is 18.5 Å². The molecule has 0 aliphatic heterocycles. The lowest BCUT2D eigenvalue weighted by Crippen LogP contribution is -2.11. The molecule has 0 bridgehead atoms. The van der Waals surface area contributed by atoms with E-state index in [0.717, 1.165) is 29.0 Å². The lowest BCUT2D eigenvalue weighted by molar-refractivity contribution is -0.135. The fourth-order valence-corrected chi connectivity index (χ4v) is 4.30.